The van der Waals surface area contributed by atoms with Gasteiger partial charge in [0.2, 0.25) is 0 Å². The Morgan fingerprint density at radius 2 is 1.78 bits per heavy atom. The highest BCUT2D eigenvalue weighted by molar-refractivity contribution is 5.72. The average Bonchev–Trinajstić information content (AvgIpc) is 3.12. The van der Waals surface area contributed by atoms with Crippen molar-refractivity contribution in [2.45, 2.75) is 12.5 Å². The van der Waals surface area contributed by atoms with Crippen LogP contribution in [0.5, 0.6) is 17.2 Å². The summed E-state index contributed by atoms with van der Waals surface area (Å²) >= 11 is 0. The van der Waals surface area contributed by atoms with Gasteiger partial charge in [-0.1, -0.05) is 18.2 Å². The minimum Gasteiger partial charge on any atom is -0.497 e. The lowest BCUT2D eigenvalue weighted by Gasteiger charge is -2.18. The van der Waals surface area contributed by atoms with E-state index in [9.17, 15) is 9.90 Å². The van der Waals surface area contributed by atoms with Crippen LogP contribution in [-0.4, -0.2) is 50.4 Å². The number of likely N-dealkylation sites (tertiary alicyclic amines) is 1. The molecule has 0 saturated carbocycles. The Kier molecular flexibility index (Phi) is 5.86. The van der Waals surface area contributed by atoms with Crippen molar-refractivity contribution in [3.05, 3.63) is 53.6 Å². The number of carboxylic acids is 1. The van der Waals surface area contributed by atoms with Gasteiger partial charge >= 0.3 is 5.97 Å². The lowest BCUT2D eigenvalue weighted by atomic mass is 9.89. The van der Waals surface area contributed by atoms with Crippen LogP contribution in [0.1, 0.15) is 17.0 Å². The van der Waals surface area contributed by atoms with Gasteiger partial charge < -0.3 is 19.3 Å². The number of benzene rings is 2. The Bertz CT molecular complexity index is 807. The number of carboxylic acid groups (broad SMARTS) is 1. The molecule has 2 aromatic rings. The molecule has 1 aliphatic heterocycles. The van der Waals surface area contributed by atoms with Crippen molar-refractivity contribution in [1.29, 1.82) is 0 Å². The van der Waals surface area contributed by atoms with Crippen LogP contribution in [0.25, 0.3) is 0 Å². The highest BCUT2D eigenvalue weighted by Gasteiger charge is 2.38. The van der Waals surface area contributed by atoms with Gasteiger partial charge in [0.25, 0.3) is 0 Å². The molecule has 1 heterocycles. The number of carbonyl (C=O) groups is 1. The smallest absolute Gasteiger partial charge is 0.308 e. The predicted octanol–water partition coefficient (Wildman–Crippen LogP) is 3.01. The van der Waals surface area contributed by atoms with Gasteiger partial charge in [0.1, 0.15) is 17.2 Å². The van der Waals surface area contributed by atoms with E-state index >= 15 is 0 Å². The van der Waals surface area contributed by atoms with Crippen LogP contribution < -0.4 is 14.2 Å². The quantitative estimate of drug-likeness (QED) is 0.807. The summed E-state index contributed by atoms with van der Waals surface area (Å²) in [5, 5.41) is 9.73. The summed E-state index contributed by atoms with van der Waals surface area (Å²) in [5.41, 5.74) is 2.00. The van der Waals surface area contributed by atoms with E-state index in [4.69, 9.17) is 14.2 Å². The number of nitrogens with zero attached hydrogens (tertiary/aromatic N) is 1. The summed E-state index contributed by atoms with van der Waals surface area (Å²) < 4.78 is 16.0. The standard InChI is InChI=1S/C21H25NO5/c1-25-16-6-4-5-14(9-16)18-12-22(13-19(18)21(23)24)11-15-7-8-17(26-2)10-20(15)27-3/h4-10,18-19H,11-13H2,1-3H3,(H,23,24)/t18-,19+/m0/s1. The topological polar surface area (TPSA) is 68.2 Å². The first kappa shape index (κ1) is 19.0. The van der Waals surface area contributed by atoms with Crippen molar-refractivity contribution in [2.24, 2.45) is 5.92 Å². The molecule has 0 aromatic heterocycles. The van der Waals surface area contributed by atoms with Crippen LogP contribution in [-0.2, 0) is 11.3 Å². The summed E-state index contributed by atoms with van der Waals surface area (Å²) in [4.78, 5) is 14.0. The first-order valence-electron chi connectivity index (χ1n) is 8.85. The van der Waals surface area contributed by atoms with Crippen molar-refractivity contribution in [3.63, 3.8) is 0 Å². The first-order valence-corrected chi connectivity index (χ1v) is 8.85. The molecule has 0 radical (unpaired) electrons. The van der Waals surface area contributed by atoms with E-state index in [0.717, 1.165) is 28.4 Å². The largest absolute Gasteiger partial charge is 0.497 e. The molecule has 2 aromatic carbocycles. The highest BCUT2D eigenvalue weighted by atomic mass is 16.5. The van der Waals surface area contributed by atoms with Crippen molar-refractivity contribution in [2.75, 3.05) is 34.4 Å². The number of rotatable bonds is 7. The summed E-state index contributed by atoms with van der Waals surface area (Å²) in [6, 6.07) is 13.4. The van der Waals surface area contributed by atoms with Crippen LogP contribution in [0.3, 0.4) is 0 Å². The van der Waals surface area contributed by atoms with Gasteiger partial charge in [-0.05, 0) is 23.8 Å². The molecule has 6 nitrogen and oxygen atoms in total. The zero-order valence-corrected chi connectivity index (χ0v) is 15.8. The van der Waals surface area contributed by atoms with Gasteiger partial charge in [-0.25, -0.2) is 0 Å². The maximum atomic E-state index is 11.8. The number of hydrogen-bond acceptors (Lipinski definition) is 5. The molecule has 0 unspecified atom stereocenters. The molecule has 27 heavy (non-hydrogen) atoms. The Hall–Kier alpha value is -2.73. The Morgan fingerprint density at radius 1 is 1.04 bits per heavy atom. The minimum atomic E-state index is -0.771. The molecule has 0 amide bonds. The molecule has 0 bridgehead atoms. The summed E-state index contributed by atoms with van der Waals surface area (Å²) in [5.74, 6) is 0.905. The first-order chi connectivity index (χ1) is 13.0. The average molecular weight is 371 g/mol. The number of ether oxygens (including phenoxy) is 3. The molecule has 1 fully saturated rings. The van der Waals surface area contributed by atoms with E-state index in [2.05, 4.69) is 4.90 Å². The third-order valence-electron chi connectivity index (χ3n) is 5.12. The molecule has 3 rings (SSSR count). The summed E-state index contributed by atoms with van der Waals surface area (Å²) in [6.07, 6.45) is 0. The van der Waals surface area contributed by atoms with E-state index in [1.54, 1.807) is 21.3 Å². The van der Waals surface area contributed by atoms with Crippen molar-refractivity contribution < 1.29 is 24.1 Å². The number of methoxy groups -OCH3 is 3. The van der Waals surface area contributed by atoms with Crippen LogP contribution in [0.2, 0.25) is 0 Å². The third-order valence-corrected chi connectivity index (χ3v) is 5.12. The normalized spacial score (nSPS) is 19.7. The maximum absolute atomic E-state index is 11.8. The van der Waals surface area contributed by atoms with Gasteiger partial charge in [-0.15, -0.1) is 0 Å². The predicted molar refractivity (Wildman–Crippen MR) is 102 cm³/mol. The Balaban J connectivity index is 1.81. The maximum Gasteiger partial charge on any atom is 0.308 e. The molecular weight excluding hydrogens is 346 g/mol. The molecule has 6 heteroatoms. The van der Waals surface area contributed by atoms with E-state index in [1.807, 2.05) is 42.5 Å². The van der Waals surface area contributed by atoms with Crippen LogP contribution in [0.15, 0.2) is 42.5 Å². The molecule has 144 valence electrons. The van der Waals surface area contributed by atoms with E-state index < -0.39 is 11.9 Å². The SMILES string of the molecule is COc1cccc([C@@H]2CN(Cc3ccc(OC)cc3OC)C[C@H]2C(=O)O)c1. The lowest BCUT2D eigenvalue weighted by molar-refractivity contribution is -0.141. The zero-order valence-electron chi connectivity index (χ0n) is 15.8. The molecular formula is C21H25NO5. The van der Waals surface area contributed by atoms with E-state index in [0.29, 0.717) is 19.6 Å². The fourth-order valence-corrected chi connectivity index (χ4v) is 3.70. The second-order valence-electron chi connectivity index (χ2n) is 6.70. The fraction of sp³-hybridized carbons (Fsp3) is 0.381. The van der Waals surface area contributed by atoms with Crippen LogP contribution in [0, 0.1) is 5.92 Å². The van der Waals surface area contributed by atoms with Crippen molar-refractivity contribution >= 4 is 5.97 Å². The third kappa shape index (κ3) is 4.17. The van der Waals surface area contributed by atoms with E-state index in [-0.39, 0.29) is 5.92 Å². The Labute approximate surface area is 159 Å². The second-order valence-corrected chi connectivity index (χ2v) is 6.70. The summed E-state index contributed by atoms with van der Waals surface area (Å²) in [7, 11) is 4.86. The van der Waals surface area contributed by atoms with Crippen LogP contribution >= 0.6 is 0 Å². The number of aliphatic carboxylic acids is 1. The molecule has 1 saturated heterocycles. The molecule has 2 atom stereocenters. The molecule has 0 spiro atoms. The van der Waals surface area contributed by atoms with Gasteiger partial charge in [-0.2, -0.15) is 0 Å². The van der Waals surface area contributed by atoms with Gasteiger partial charge in [-0.3, -0.25) is 9.69 Å². The lowest BCUT2D eigenvalue weighted by Crippen LogP contribution is -2.23. The van der Waals surface area contributed by atoms with E-state index in [1.165, 1.54) is 0 Å². The summed E-state index contributed by atoms with van der Waals surface area (Å²) in [6.45, 7) is 1.78. The van der Waals surface area contributed by atoms with Crippen molar-refractivity contribution in [1.82, 2.24) is 4.90 Å². The fourth-order valence-electron chi connectivity index (χ4n) is 3.70. The van der Waals surface area contributed by atoms with Gasteiger partial charge in [0.15, 0.2) is 0 Å². The van der Waals surface area contributed by atoms with Crippen LogP contribution in [0.4, 0.5) is 0 Å². The van der Waals surface area contributed by atoms with Gasteiger partial charge in [0, 0.05) is 37.2 Å². The zero-order chi connectivity index (χ0) is 19.4. The van der Waals surface area contributed by atoms with Gasteiger partial charge in [0.05, 0.1) is 27.2 Å². The molecule has 0 aliphatic carbocycles. The highest BCUT2D eigenvalue weighted by Crippen LogP contribution is 2.36. The second kappa shape index (κ2) is 8.31. The minimum absolute atomic E-state index is 0.0816. The molecule has 1 aliphatic rings. The molecule has 1 N–H and O–H groups in total. The number of hydrogen-bond donors (Lipinski definition) is 1. The van der Waals surface area contributed by atoms with Crippen molar-refractivity contribution in [3.8, 4) is 17.2 Å². The monoisotopic (exact) mass is 371 g/mol. The Morgan fingerprint density at radius 3 is 2.44 bits per heavy atom.